The van der Waals surface area contributed by atoms with Gasteiger partial charge in [-0.25, -0.2) is 0 Å². The van der Waals surface area contributed by atoms with Gasteiger partial charge in [0.1, 0.15) is 11.9 Å². The summed E-state index contributed by atoms with van der Waals surface area (Å²) in [7, 11) is 1.76. The van der Waals surface area contributed by atoms with E-state index in [9.17, 15) is 0 Å². The summed E-state index contributed by atoms with van der Waals surface area (Å²) in [5, 5.41) is 10.9. The molecule has 0 bridgehead atoms. The Labute approximate surface area is 179 Å². The lowest BCUT2D eigenvalue weighted by atomic mass is 9.99. The predicted molar refractivity (Wildman–Crippen MR) is 118 cm³/mol. The van der Waals surface area contributed by atoms with Crippen LogP contribution in [0, 0.1) is 6.92 Å². The molecule has 7 heteroatoms. The van der Waals surface area contributed by atoms with Crippen LogP contribution >= 0.6 is 0 Å². The average Bonchev–Trinajstić information content (AvgIpc) is 3.43. The summed E-state index contributed by atoms with van der Waals surface area (Å²) in [4.78, 5) is 4.31. The van der Waals surface area contributed by atoms with Gasteiger partial charge in [0.25, 0.3) is 0 Å². The van der Waals surface area contributed by atoms with Gasteiger partial charge in [-0.2, -0.15) is 0 Å². The quantitative estimate of drug-likeness (QED) is 0.478. The van der Waals surface area contributed by atoms with E-state index in [1.54, 1.807) is 7.05 Å². The second kappa shape index (κ2) is 11.0. The molecule has 1 aliphatic rings. The highest BCUT2D eigenvalue weighted by atomic mass is 16.5. The molecule has 1 aliphatic heterocycles. The van der Waals surface area contributed by atoms with Gasteiger partial charge in [0.2, 0.25) is 0 Å². The first-order chi connectivity index (χ1) is 14.6. The molecule has 0 spiro atoms. The monoisotopic (exact) mass is 414 g/mol. The zero-order valence-electron chi connectivity index (χ0n) is 18.5. The smallest absolute Gasteiger partial charge is 0.191 e. The highest BCUT2D eigenvalue weighted by Crippen LogP contribution is 2.24. The molecular weight excluding hydrogens is 380 g/mol. The van der Waals surface area contributed by atoms with Crippen molar-refractivity contribution in [1.29, 1.82) is 0 Å². The van der Waals surface area contributed by atoms with Gasteiger partial charge in [-0.1, -0.05) is 31.1 Å². The van der Waals surface area contributed by atoms with Crippen molar-refractivity contribution in [1.82, 2.24) is 15.8 Å². The second-order valence-corrected chi connectivity index (χ2v) is 7.73. The van der Waals surface area contributed by atoms with E-state index in [1.165, 1.54) is 5.56 Å². The first kappa shape index (κ1) is 22.2. The van der Waals surface area contributed by atoms with Crippen molar-refractivity contribution < 1.29 is 14.0 Å². The molecule has 1 fully saturated rings. The molecule has 2 aromatic rings. The molecule has 30 heavy (non-hydrogen) atoms. The molecular formula is C23H34N4O3. The Bertz CT molecular complexity index is 824. The van der Waals surface area contributed by atoms with E-state index < -0.39 is 0 Å². The van der Waals surface area contributed by atoms with Gasteiger partial charge in [-0.15, -0.1) is 0 Å². The molecule has 1 aromatic heterocycles. The number of rotatable bonds is 9. The maximum Gasteiger partial charge on any atom is 0.191 e. The minimum absolute atomic E-state index is 0.124. The maximum atomic E-state index is 6.18. The summed E-state index contributed by atoms with van der Waals surface area (Å²) in [5.41, 5.74) is 3.29. The van der Waals surface area contributed by atoms with Crippen LogP contribution in [0.15, 0.2) is 33.8 Å². The van der Waals surface area contributed by atoms with Crippen LogP contribution in [-0.2, 0) is 17.8 Å². The van der Waals surface area contributed by atoms with Crippen molar-refractivity contribution in [2.24, 2.45) is 4.99 Å². The van der Waals surface area contributed by atoms with Gasteiger partial charge in [0, 0.05) is 37.6 Å². The number of nitrogens with one attached hydrogen (secondary N) is 2. The molecule has 2 heterocycles. The van der Waals surface area contributed by atoms with Crippen LogP contribution < -0.4 is 15.4 Å². The number of guanidine groups is 1. The molecule has 1 unspecified atom stereocenters. The van der Waals surface area contributed by atoms with E-state index >= 15 is 0 Å². The Balaban J connectivity index is 1.55. The molecule has 3 rings (SSSR count). The fraction of sp³-hybridized carbons (Fsp3) is 0.565. The summed E-state index contributed by atoms with van der Waals surface area (Å²) in [6.45, 7) is 8.98. The molecule has 0 amide bonds. The maximum absolute atomic E-state index is 6.18. The third kappa shape index (κ3) is 5.98. The molecule has 0 saturated carbocycles. The highest BCUT2D eigenvalue weighted by molar-refractivity contribution is 5.79. The molecule has 7 nitrogen and oxygen atoms in total. The van der Waals surface area contributed by atoms with E-state index in [0.29, 0.717) is 31.6 Å². The number of aromatic nitrogens is 1. The molecule has 0 radical (unpaired) electrons. The highest BCUT2D eigenvalue weighted by Gasteiger charge is 2.19. The number of benzene rings is 1. The number of ether oxygens (including phenoxy) is 2. The third-order valence-electron chi connectivity index (χ3n) is 5.49. The Morgan fingerprint density at radius 1 is 1.23 bits per heavy atom. The SMILES string of the molecule is CCC(CC)c1cc(CNC(=NC)NCc2ccc(C)cc2OC2CCOC2)on1. The van der Waals surface area contributed by atoms with Crippen molar-refractivity contribution >= 4 is 5.96 Å². The second-order valence-electron chi connectivity index (χ2n) is 7.73. The lowest BCUT2D eigenvalue weighted by Gasteiger charge is -2.17. The van der Waals surface area contributed by atoms with Crippen LogP contribution in [0.1, 0.15) is 61.6 Å². The molecule has 164 valence electrons. The summed E-state index contributed by atoms with van der Waals surface area (Å²) < 4.78 is 17.1. The average molecular weight is 415 g/mol. The summed E-state index contributed by atoms with van der Waals surface area (Å²) in [6.07, 6.45) is 3.18. The Morgan fingerprint density at radius 3 is 2.73 bits per heavy atom. The molecule has 0 aliphatic carbocycles. The van der Waals surface area contributed by atoms with Gasteiger partial charge in [0.05, 0.1) is 25.5 Å². The number of nitrogens with zero attached hydrogens (tertiary/aromatic N) is 2. The Hall–Kier alpha value is -2.54. The fourth-order valence-electron chi connectivity index (χ4n) is 3.58. The lowest BCUT2D eigenvalue weighted by molar-refractivity contribution is 0.140. The van der Waals surface area contributed by atoms with Crippen LogP contribution in [0.2, 0.25) is 0 Å². The van der Waals surface area contributed by atoms with Gasteiger partial charge in [0.15, 0.2) is 11.7 Å². The van der Waals surface area contributed by atoms with Crippen LogP contribution in [0.5, 0.6) is 5.75 Å². The first-order valence-corrected chi connectivity index (χ1v) is 10.9. The minimum Gasteiger partial charge on any atom is -0.488 e. The number of aryl methyl sites for hydroxylation is 1. The van der Waals surface area contributed by atoms with Crippen LogP contribution in [0.25, 0.3) is 0 Å². The van der Waals surface area contributed by atoms with Gasteiger partial charge in [-0.3, -0.25) is 4.99 Å². The van der Waals surface area contributed by atoms with Crippen molar-refractivity contribution in [2.75, 3.05) is 20.3 Å². The van der Waals surface area contributed by atoms with Gasteiger partial charge < -0.3 is 24.6 Å². The molecule has 1 atom stereocenters. The standard InChI is InChI=1S/C23H34N4O3/c1-5-17(6-2)21-12-20(30-27-21)14-26-23(24-4)25-13-18-8-7-16(3)11-22(18)29-19-9-10-28-15-19/h7-8,11-12,17,19H,5-6,9-10,13-15H2,1-4H3,(H2,24,25,26). The summed E-state index contributed by atoms with van der Waals surface area (Å²) in [6, 6.07) is 8.31. The predicted octanol–water partition coefficient (Wildman–Crippen LogP) is 3.92. The van der Waals surface area contributed by atoms with E-state index in [-0.39, 0.29) is 6.10 Å². The van der Waals surface area contributed by atoms with E-state index in [0.717, 1.165) is 48.6 Å². The van der Waals surface area contributed by atoms with E-state index in [1.807, 2.05) is 6.07 Å². The van der Waals surface area contributed by atoms with Gasteiger partial charge in [-0.05, 0) is 31.4 Å². The number of hydrogen-bond acceptors (Lipinski definition) is 5. The summed E-state index contributed by atoms with van der Waals surface area (Å²) >= 11 is 0. The van der Waals surface area contributed by atoms with Crippen molar-refractivity contribution in [3.8, 4) is 5.75 Å². The van der Waals surface area contributed by atoms with Crippen molar-refractivity contribution in [2.45, 2.75) is 65.1 Å². The van der Waals surface area contributed by atoms with Crippen molar-refractivity contribution in [3.63, 3.8) is 0 Å². The van der Waals surface area contributed by atoms with E-state index in [4.69, 9.17) is 14.0 Å². The topological polar surface area (TPSA) is 80.9 Å². The van der Waals surface area contributed by atoms with Crippen molar-refractivity contribution in [3.05, 3.63) is 46.8 Å². The Morgan fingerprint density at radius 2 is 2.03 bits per heavy atom. The minimum atomic E-state index is 0.124. The zero-order valence-corrected chi connectivity index (χ0v) is 18.5. The number of aliphatic imine (C=N–C) groups is 1. The first-order valence-electron chi connectivity index (χ1n) is 10.9. The van der Waals surface area contributed by atoms with Gasteiger partial charge >= 0.3 is 0 Å². The molecule has 1 saturated heterocycles. The zero-order chi connectivity index (χ0) is 21.3. The van der Waals surface area contributed by atoms with E-state index in [2.05, 4.69) is 59.8 Å². The van der Waals surface area contributed by atoms with Crippen LogP contribution in [-0.4, -0.2) is 37.5 Å². The molecule has 1 aromatic carbocycles. The lowest BCUT2D eigenvalue weighted by Crippen LogP contribution is -2.36. The summed E-state index contributed by atoms with van der Waals surface area (Å²) in [5.74, 6) is 2.86. The third-order valence-corrected chi connectivity index (χ3v) is 5.49. The van der Waals surface area contributed by atoms with Crippen LogP contribution in [0.4, 0.5) is 0 Å². The largest absolute Gasteiger partial charge is 0.488 e. The number of hydrogen-bond donors (Lipinski definition) is 2. The normalized spacial score (nSPS) is 16.8. The molecule has 2 N–H and O–H groups in total. The Kier molecular flexibility index (Phi) is 8.13. The van der Waals surface area contributed by atoms with Crippen LogP contribution in [0.3, 0.4) is 0 Å². The fourth-order valence-corrected chi connectivity index (χ4v) is 3.58.